The maximum absolute atomic E-state index is 12.4. The summed E-state index contributed by atoms with van der Waals surface area (Å²) in [6.45, 7) is 12.9. The average Bonchev–Trinajstić information content (AvgIpc) is 1.99. The van der Waals surface area contributed by atoms with Gasteiger partial charge in [-0.3, -0.25) is 4.79 Å². The van der Waals surface area contributed by atoms with Crippen molar-refractivity contribution in [3.63, 3.8) is 0 Å². The maximum atomic E-state index is 12.4. The van der Waals surface area contributed by atoms with Crippen LogP contribution in [0.5, 0.6) is 0 Å². The summed E-state index contributed by atoms with van der Waals surface area (Å²) in [5.41, 5.74) is 1.14. The number of allylic oxidation sites excluding steroid dienone is 2. The lowest BCUT2D eigenvalue weighted by Gasteiger charge is -2.36. The Morgan fingerprint density at radius 1 is 1.13 bits per heavy atom. The average molecular weight is 208 g/mol. The molecule has 1 rings (SSSR count). The molecule has 15 heavy (non-hydrogen) atoms. The van der Waals surface area contributed by atoms with Crippen LogP contribution in [0.1, 0.15) is 54.4 Å². The van der Waals surface area contributed by atoms with Crippen LogP contribution >= 0.6 is 0 Å². The molecule has 0 radical (unpaired) electrons. The summed E-state index contributed by atoms with van der Waals surface area (Å²) in [6.07, 6.45) is 4.22. The molecule has 0 amide bonds. The molecule has 0 N–H and O–H groups in total. The van der Waals surface area contributed by atoms with Crippen LogP contribution in [0, 0.1) is 16.7 Å². The van der Waals surface area contributed by atoms with E-state index in [9.17, 15) is 4.79 Å². The summed E-state index contributed by atoms with van der Waals surface area (Å²) in [5.74, 6) is 0.581. The quantitative estimate of drug-likeness (QED) is 0.588. The molecule has 0 aromatic heterocycles. The predicted octanol–water partition coefficient (Wildman–Crippen LogP) is 3.98. The molecule has 1 unspecified atom stereocenters. The lowest BCUT2D eigenvalue weighted by molar-refractivity contribution is -0.124. The Bertz CT molecular complexity index is 283. The Morgan fingerprint density at radius 3 is 2.07 bits per heavy atom. The van der Waals surface area contributed by atoms with Crippen LogP contribution in [0.4, 0.5) is 0 Å². The third-order valence-electron chi connectivity index (χ3n) is 3.24. The van der Waals surface area contributed by atoms with Crippen molar-refractivity contribution >= 4 is 5.78 Å². The van der Waals surface area contributed by atoms with Gasteiger partial charge in [0.25, 0.3) is 0 Å². The van der Waals surface area contributed by atoms with E-state index in [1.54, 1.807) is 0 Å². The van der Waals surface area contributed by atoms with Crippen LogP contribution in [0.3, 0.4) is 0 Å². The van der Waals surface area contributed by atoms with Gasteiger partial charge in [-0.05, 0) is 29.2 Å². The van der Waals surface area contributed by atoms with Gasteiger partial charge in [0.2, 0.25) is 0 Å². The summed E-state index contributed by atoms with van der Waals surface area (Å²) in [6, 6.07) is 0. The van der Waals surface area contributed by atoms with Crippen molar-refractivity contribution < 1.29 is 4.79 Å². The fourth-order valence-electron chi connectivity index (χ4n) is 2.32. The van der Waals surface area contributed by atoms with Gasteiger partial charge in [0, 0.05) is 5.92 Å². The first kappa shape index (κ1) is 12.5. The number of ketones is 1. The molecule has 0 bridgehead atoms. The van der Waals surface area contributed by atoms with E-state index < -0.39 is 0 Å². The number of carbonyl (C=O) groups excluding carboxylic acids is 1. The van der Waals surface area contributed by atoms with Crippen molar-refractivity contribution in [2.24, 2.45) is 16.7 Å². The molecular weight excluding hydrogens is 184 g/mol. The Labute approximate surface area is 93.9 Å². The van der Waals surface area contributed by atoms with Gasteiger partial charge in [-0.1, -0.05) is 47.6 Å². The maximum Gasteiger partial charge on any atom is 0.162 e. The molecule has 1 aliphatic carbocycles. The molecule has 1 atom stereocenters. The van der Waals surface area contributed by atoms with E-state index in [0.717, 1.165) is 18.4 Å². The van der Waals surface area contributed by atoms with Crippen molar-refractivity contribution in [3.05, 3.63) is 11.6 Å². The second kappa shape index (κ2) is 3.77. The molecule has 1 nitrogen and oxygen atoms in total. The van der Waals surface area contributed by atoms with E-state index in [1.807, 2.05) is 0 Å². The number of Topliss-reactive ketones (excluding diaryl/α,β-unsaturated/α-hetero) is 1. The van der Waals surface area contributed by atoms with Crippen LogP contribution < -0.4 is 0 Å². The van der Waals surface area contributed by atoms with E-state index in [-0.39, 0.29) is 16.7 Å². The largest absolute Gasteiger partial charge is 0.294 e. The lowest BCUT2D eigenvalue weighted by Crippen LogP contribution is -2.35. The molecule has 0 aromatic rings. The third-order valence-corrected chi connectivity index (χ3v) is 3.24. The van der Waals surface area contributed by atoms with Crippen LogP contribution in [-0.2, 0) is 4.79 Å². The smallest absolute Gasteiger partial charge is 0.162 e. The first-order valence-corrected chi connectivity index (χ1v) is 5.89. The molecule has 0 aromatic carbocycles. The summed E-state index contributed by atoms with van der Waals surface area (Å²) in [4.78, 5) is 12.4. The van der Waals surface area contributed by atoms with Crippen LogP contribution in [0.2, 0.25) is 0 Å². The van der Waals surface area contributed by atoms with Crippen molar-refractivity contribution in [2.75, 3.05) is 0 Å². The topological polar surface area (TPSA) is 17.1 Å². The highest BCUT2D eigenvalue weighted by molar-refractivity contribution is 5.99. The number of hydrogen-bond acceptors (Lipinski definition) is 1. The highest BCUT2D eigenvalue weighted by Gasteiger charge is 2.37. The Morgan fingerprint density at radius 2 is 1.67 bits per heavy atom. The molecule has 0 spiro atoms. The molecule has 0 saturated carbocycles. The van der Waals surface area contributed by atoms with Crippen LogP contribution in [0.15, 0.2) is 11.6 Å². The van der Waals surface area contributed by atoms with Gasteiger partial charge in [0.1, 0.15) is 0 Å². The number of hydrogen-bond donors (Lipinski definition) is 0. The number of rotatable bonds is 0. The molecule has 0 fully saturated rings. The first-order valence-electron chi connectivity index (χ1n) is 5.89. The minimum Gasteiger partial charge on any atom is -0.294 e. The highest BCUT2D eigenvalue weighted by atomic mass is 16.1. The predicted molar refractivity (Wildman–Crippen MR) is 64.7 cm³/mol. The molecule has 0 aliphatic heterocycles. The van der Waals surface area contributed by atoms with Gasteiger partial charge in [-0.2, -0.15) is 0 Å². The van der Waals surface area contributed by atoms with Crippen molar-refractivity contribution in [3.8, 4) is 0 Å². The summed E-state index contributed by atoms with van der Waals surface area (Å²) >= 11 is 0. The highest BCUT2D eigenvalue weighted by Crippen LogP contribution is 2.40. The fraction of sp³-hybridized carbons (Fsp3) is 0.786. The molecule has 0 heterocycles. The summed E-state index contributed by atoms with van der Waals surface area (Å²) in [7, 11) is 0. The zero-order valence-corrected chi connectivity index (χ0v) is 11.0. The SMILES string of the molecule is CC(C)(C)C1=CCCC(C(C)(C)C)C1=O. The van der Waals surface area contributed by atoms with E-state index in [0.29, 0.717) is 5.78 Å². The van der Waals surface area contributed by atoms with Crippen LogP contribution in [-0.4, -0.2) is 5.78 Å². The van der Waals surface area contributed by atoms with Crippen molar-refractivity contribution in [1.82, 2.24) is 0 Å². The minimum atomic E-state index is 0.000995. The summed E-state index contributed by atoms with van der Waals surface area (Å²) < 4.78 is 0. The van der Waals surface area contributed by atoms with E-state index in [1.165, 1.54) is 0 Å². The Balaban J connectivity index is 2.98. The van der Waals surface area contributed by atoms with E-state index in [2.05, 4.69) is 47.6 Å². The number of carbonyl (C=O) groups is 1. The van der Waals surface area contributed by atoms with Gasteiger partial charge in [0.05, 0.1) is 0 Å². The lowest BCUT2D eigenvalue weighted by atomic mass is 9.67. The monoisotopic (exact) mass is 208 g/mol. The van der Waals surface area contributed by atoms with E-state index in [4.69, 9.17) is 0 Å². The Kier molecular flexibility index (Phi) is 3.14. The van der Waals surface area contributed by atoms with Gasteiger partial charge >= 0.3 is 0 Å². The van der Waals surface area contributed by atoms with Gasteiger partial charge in [0.15, 0.2) is 5.78 Å². The van der Waals surface area contributed by atoms with Gasteiger partial charge in [-0.25, -0.2) is 0 Å². The molecule has 86 valence electrons. The Hall–Kier alpha value is -0.590. The normalized spacial score (nSPS) is 24.0. The van der Waals surface area contributed by atoms with Crippen molar-refractivity contribution in [1.29, 1.82) is 0 Å². The van der Waals surface area contributed by atoms with Gasteiger partial charge < -0.3 is 0 Å². The zero-order valence-electron chi connectivity index (χ0n) is 11.0. The van der Waals surface area contributed by atoms with Gasteiger partial charge in [-0.15, -0.1) is 0 Å². The summed E-state index contributed by atoms with van der Waals surface area (Å²) in [5, 5.41) is 0. The second-order valence-electron chi connectivity index (χ2n) is 6.73. The zero-order chi connectivity index (χ0) is 11.9. The second-order valence-corrected chi connectivity index (χ2v) is 6.73. The molecule has 1 aliphatic rings. The fourth-order valence-corrected chi connectivity index (χ4v) is 2.32. The standard InChI is InChI=1S/C14H24O/c1-13(2,3)10-8-7-9-11(12(10)15)14(4,5)6/h8,11H,7,9H2,1-6H3. The van der Waals surface area contributed by atoms with E-state index >= 15 is 0 Å². The molecule has 1 heteroatoms. The first-order chi connectivity index (χ1) is 6.64. The molecule has 0 saturated heterocycles. The van der Waals surface area contributed by atoms with Crippen molar-refractivity contribution in [2.45, 2.75) is 54.4 Å². The van der Waals surface area contributed by atoms with Crippen LogP contribution in [0.25, 0.3) is 0 Å². The minimum absolute atomic E-state index is 0.000995. The molecular formula is C14H24O. The third kappa shape index (κ3) is 2.70.